The third-order valence-corrected chi connectivity index (χ3v) is 6.69. The van der Waals surface area contributed by atoms with Crippen molar-refractivity contribution in [1.82, 2.24) is 35.1 Å². The summed E-state index contributed by atoms with van der Waals surface area (Å²) in [6.45, 7) is 0.451. The lowest BCUT2D eigenvalue weighted by molar-refractivity contribution is 0.194. The molecule has 0 radical (unpaired) electrons. The zero-order valence-corrected chi connectivity index (χ0v) is 19.8. The smallest absolute Gasteiger partial charge is 0.131 e. The molecule has 6 rings (SSSR count). The fourth-order valence-electron chi connectivity index (χ4n) is 4.83. The van der Waals surface area contributed by atoms with Gasteiger partial charge in [0.1, 0.15) is 17.3 Å². The molecule has 0 spiro atoms. The number of nitrogens with one attached hydrogen (secondary N) is 1. The molecule has 8 nitrogen and oxygen atoms in total. The summed E-state index contributed by atoms with van der Waals surface area (Å²) < 4.78 is 30.5. The molecule has 2 atom stereocenters. The number of benzene rings is 2. The minimum absolute atomic E-state index is 0.0955. The topological polar surface area (TPSA) is 84.8 Å². The van der Waals surface area contributed by atoms with E-state index in [-0.39, 0.29) is 11.5 Å². The summed E-state index contributed by atoms with van der Waals surface area (Å²) in [7, 11) is 1.50. The van der Waals surface area contributed by atoms with Crippen LogP contribution in [-0.4, -0.2) is 55.3 Å². The third-order valence-electron chi connectivity index (χ3n) is 6.69. The summed E-state index contributed by atoms with van der Waals surface area (Å²) in [5, 5.41) is 17.4. The number of ether oxygens (including phenoxy) is 1. The maximum absolute atomic E-state index is 14.6. The molecule has 1 unspecified atom stereocenters. The molecule has 5 aromatic rings. The van der Waals surface area contributed by atoms with Gasteiger partial charge in [0.05, 0.1) is 30.2 Å². The van der Waals surface area contributed by atoms with Crippen LogP contribution in [0.3, 0.4) is 0 Å². The average molecular weight is 485 g/mol. The number of methoxy groups -OCH3 is 1. The van der Waals surface area contributed by atoms with Crippen molar-refractivity contribution >= 4 is 10.9 Å². The largest absolute Gasteiger partial charge is 0.496 e. The van der Waals surface area contributed by atoms with Crippen LogP contribution in [0.4, 0.5) is 4.39 Å². The third kappa shape index (κ3) is 4.22. The Morgan fingerprint density at radius 3 is 2.94 bits per heavy atom. The van der Waals surface area contributed by atoms with Crippen molar-refractivity contribution in [2.45, 2.75) is 25.3 Å². The number of aromatic amines is 1. The standard InChI is InChI=1S/C27H26FN7O/c1-36-26-6-2-5-23(28)22(26)16-34-13-3-4-19(15-34)25-17-35(33-31-25)20-7-8-24-21(14-20)27(32-30-24)18-9-11-29-12-10-18/h2,5-12,14,17,19H,3-4,13,15-16H2,1H3,(H,30,32)/t19-/m1/s1/i16D/t16?,19-. The molecule has 1 saturated heterocycles. The first-order chi connectivity index (χ1) is 18.1. The van der Waals surface area contributed by atoms with Gasteiger partial charge in [0.2, 0.25) is 0 Å². The van der Waals surface area contributed by atoms with Crippen molar-refractivity contribution in [1.29, 1.82) is 0 Å². The van der Waals surface area contributed by atoms with Gasteiger partial charge in [-0.3, -0.25) is 15.0 Å². The number of halogens is 1. The molecular weight excluding hydrogens is 457 g/mol. The first-order valence-corrected chi connectivity index (χ1v) is 11.9. The zero-order chi connectivity index (χ0) is 25.4. The maximum Gasteiger partial charge on any atom is 0.131 e. The fraction of sp³-hybridized carbons (Fsp3) is 0.259. The number of hydrogen-bond acceptors (Lipinski definition) is 6. The molecule has 1 aliphatic rings. The number of pyridine rings is 1. The van der Waals surface area contributed by atoms with E-state index in [4.69, 9.17) is 6.11 Å². The van der Waals surface area contributed by atoms with E-state index in [1.807, 2.05) is 41.4 Å². The molecule has 0 saturated carbocycles. The minimum atomic E-state index is -0.857. The van der Waals surface area contributed by atoms with E-state index in [1.54, 1.807) is 29.2 Å². The van der Waals surface area contributed by atoms with Crippen molar-refractivity contribution in [3.8, 4) is 22.7 Å². The lowest BCUT2D eigenvalue weighted by atomic mass is 9.95. The molecule has 1 fully saturated rings. The predicted molar refractivity (Wildman–Crippen MR) is 134 cm³/mol. The van der Waals surface area contributed by atoms with Gasteiger partial charge in [-0.05, 0) is 61.9 Å². The minimum Gasteiger partial charge on any atom is -0.496 e. The van der Waals surface area contributed by atoms with Crippen molar-refractivity contribution in [3.05, 3.63) is 84.2 Å². The van der Waals surface area contributed by atoms with Crippen molar-refractivity contribution in [2.75, 3.05) is 20.2 Å². The Kier molecular flexibility index (Phi) is 5.59. The summed E-state index contributed by atoms with van der Waals surface area (Å²) >= 11 is 0. The van der Waals surface area contributed by atoms with Gasteiger partial charge in [-0.25, -0.2) is 9.07 Å². The average Bonchev–Trinajstić information content (AvgIpc) is 3.61. The Morgan fingerprint density at radius 2 is 2.08 bits per heavy atom. The number of hydrogen-bond donors (Lipinski definition) is 1. The van der Waals surface area contributed by atoms with Gasteiger partial charge in [-0.2, -0.15) is 5.10 Å². The fourth-order valence-corrected chi connectivity index (χ4v) is 4.83. The van der Waals surface area contributed by atoms with Crippen LogP contribution < -0.4 is 4.74 Å². The molecule has 0 bridgehead atoms. The molecule has 4 heterocycles. The van der Waals surface area contributed by atoms with Crippen molar-refractivity contribution < 1.29 is 10.5 Å². The second kappa shape index (κ2) is 9.50. The SMILES string of the molecule is [2H]C(c1c(F)cccc1OC)N1CCC[C@@H](c2cn(-c3ccc4[nH]nc(-c5ccncc5)c4c3)nn2)C1. The van der Waals surface area contributed by atoms with Crippen LogP contribution in [0.2, 0.25) is 0 Å². The van der Waals surface area contributed by atoms with Crippen molar-refractivity contribution in [2.24, 2.45) is 0 Å². The van der Waals surface area contributed by atoms with Crippen LogP contribution >= 0.6 is 0 Å². The summed E-state index contributed by atoms with van der Waals surface area (Å²) in [5.41, 5.74) is 4.78. The molecule has 2 aromatic carbocycles. The van der Waals surface area contributed by atoms with E-state index in [2.05, 4.69) is 25.5 Å². The first kappa shape index (κ1) is 21.2. The van der Waals surface area contributed by atoms with Gasteiger partial charge < -0.3 is 4.74 Å². The molecular formula is C27H26FN7O. The van der Waals surface area contributed by atoms with Crippen LogP contribution in [0.5, 0.6) is 5.75 Å². The quantitative estimate of drug-likeness (QED) is 0.375. The van der Waals surface area contributed by atoms with Gasteiger partial charge in [0.15, 0.2) is 0 Å². The molecule has 3 aromatic heterocycles. The first-order valence-electron chi connectivity index (χ1n) is 12.5. The van der Waals surface area contributed by atoms with E-state index in [0.717, 1.165) is 46.4 Å². The molecule has 36 heavy (non-hydrogen) atoms. The van der Waals surface area contributed by atoms with Crippen LogP contribution in [0.25, 0.3) is 27.8 Å². The van der Waals surface area contributed by atoms with Gasteiger partial charge >= 0.3 is 0 Å². The lowest BCUT2D eigenvalue weighted by Gasteiger charge is -2.32. The zero-order valence-electron chi connectivity index (χ0n) is 20.8. The number of H-pyrrole nitrogens is 1. The highest BCUT2D eigenvalue weighted by Crippen LogP contribution is 2.31. The van der Waals surface area contributed by atoms with E-state index in [9.17, 15) is 4.39 Å². The van der Waals surface area contributed by atoms with Crippen LogP contribution in [0.15, 0.2) is 67.1 Å². The van der Waals surface area contributed by atoms with Gasteiger partial charge in [0.25, 0.3) is 0 Å². The molecule has 182 valence electrons. The Bertz CT molecular complexity index is 1540. The van der Waals surface area contributed by atoms with Gasteiger partial charge in [-0.15, -0.1) is 5.10 Å². The van der Waals surface area contributed by atoms with E-state index < -0.39 is 12.3 Å². The monoisotopic (exact) mass is 484 g/mol. The molecule has 1 aliphatic heterocycles. The number of nitrogens with zero attached hydrogens (tertiary/aromatic N) is 6. The van der Waals surface area contributed by atoms with Gasteiger partial charge in [0, 0.05) is 49.3 Å². The van der Waals surface area contributed by atoms with Crippen LogP contribution in [0, 0.1) is 5.82 Å². The van der Waals surface area contributed by atoms with Crippen molar-refractivity contribution in [3.63, 3.8) is 0 Å². The summed E-state index contributed by atoms with van der Waals surface area (Å²) in [6.07, 6.45) is 7.27. The maximum atomic E-state index is 14.6. The van der Waals surface area contributed by atoms with E-state index >= 15 is 0 Å². The number of likely N-dealkylation sites (tertiary alicyclic amines) is 1. The van der Waals surface area contributed by atoms with Crippen LogP contribution in [0.1, 0.15) is 31.4 Å². The second-order valence-electron chi connectivity index (χ2n) is 8.94. The van der Waals surface area contributed by atoms with Crippen LogP contribution in [-0.2, 0) is 6.52 Å². The molecule has 0 amide bonds. The highest BCUT2D eigenvalue weighted by Gasteiger charge is 2.25. The summed E-state index contributed by atoms with van der Waals surface area (Å²) in [4.78, 5) is 6.07. The highest BCUT2D eigenvalue weighted by molar-refractivity contribution is 5.94. The number of piperidine rings is 1. The normalized spacial score (nSPS) is 17.7. The number of fused-ring (bicyclic) bond motifs is 1. The summed E-state index contributed by atoms with van der Waals surface area (Å²) in [6, 6.07) is 14.5. The molecule has 9 heteroatoms. The predicted octanol–water partition coefficient (Wildman–Crippen LogP) is 4.73. The van der Waals surface area contributed by atoms with Gasteiger partial charge in [-0.1, -0.05) is 11.3 Å². The highest BCUT2D eigenvalue weighted by atomic mass is 19.1. The molecule has 0 aliphatic carbocycles. The number of aromatic nitrogens is 6. The Balaban J connectivity index is 1.25. The van der Waals surface area contributed by atoms with E-state index in [0.29, 0.717) is 18.8 Å². The molecule has 1 N–H and O–H groups in total. The Labute approximate surface area is 209 Å². The second-order valence-corrected chi connectivity index (χ2v) is 8.94. The Morgan fingerprint density at radius 1 is 1.19 bits per heavy atom. The van der Waals surface area contributed by atoms with E-state index in [1.165, 1.54) is 13.2 Å². The lowest BCUT2D eigenvalue weighted by Crippen LogP contribution is -2.34. The Hall–Kier alpha value is -4.11. The number of rotatable bonds is 6. The summed E-state index contributed by atoms with van der Waals surface area (Å²) in [5.74, 6) is 0.0696.